The van der Waals surface area contributed by atoms with Crippen LogP contribution in [0.2, 0.25) is 15.1 Å². The fourth-order valence-electron chi connectivity index (χ4n) is 3.58. The number of ether oxygens (including phenoxy) is 1. The molecule has 0 radical (unpaired) electrons. The Morgan fingerprint density at radius 1 is 1.06 bits per heavy atom. The topological polar surface area (TPSA) is 123 Å². The first-order chi connectivity index (χ1) is 15.3. The van der Waals surface area contributed by atoms with Gasteiger partial charge in [-0.15, -0.1) is 5.10 Å². The number of benzene rings is 1. The molecule has 32 heavy (non-hydrogen) atoms. The van der Waals surface area contributed by atoms with Gasteiger partial charge in [0.25, 0.3) is 11.1 Å². The molecule has 1 aliphatic rings. The summed E-state index contributed by atoms with van der Waals surface area (Å²) in [6.45, 7) is 0. The lowest BCUT2D eigenvalue weighted by molar-refractivity contribution is 0.451. The molecule has 1 fully saturated rings. The number of H-pyrrole nitrogens is 1. The lowest BCUT2D eigenvalue weighted by Crippen LogP contribution is -2.33. The van der Waals surface area contributed by atoms with E-state index in [4.69, 9.17) is 44.8 Å². The van der Waals surface area contributed by atoms with E-state index in [1.807, 2.05) is 4.98 Å². The van der Waals surface area contributed by atoms with Crippen LogP contribution in [0.15, 0.2) is 38.8 Å². The van der Waals surface area contributed by atoms with Gasteiger partial charge >= 0.3 is 5.69 Å². The first-order valence-corrected chi connectivity index (χ1v) is 10.6. The monoisotopic (exact) mass is 493 g/mol. The quantitative estimate of drug-likeness (QED) is 0.588. The summed E-state index contributed by atoms with van der Waals surface area (Å²) < 4.78 is 8.19. The minimum atomic E-state index is -0.903. The summed E-state index contributed by atoms with van der Waals surface area (Å²) >= 11 is 18.8. The molecule has 12 heteroatoms. The highest BCUT2D eigenvalue weighted by Crippen LogP contribution is 2.39. The fraction of sp³-hybridized carbons (Fsp3) is 0.250. The van der Waals surface area contributed by atoms with Crippen molar-refractivity contribution in [1.82, 2.24) is 19.3 Å². The van der Waals surface area contributed by atoms with E-state index in [1.54, 1.807) is 16.8 Å². The first kappa shape index (κ1) is 22.1. The Hall–Kier alpha value is -3.06. The van der Waals surface area contributed by atoms with Crippen LogP contribution in [0.4, 0.5) is 0 Å². The molecule has 1 aliphatic carbocycles. The Bertz CT molecular complexity index is 1410. The molecule has 3 aromatic rings. The van der Waals surface area contributed by atoms with Crippen molar-refractivity contribution in [2.75, 3.05) is 0 Å². The summed E-state index contributed by atoms with van der Waals surface area (Å²) in [7, 11) is 0. The number of aromatic nitrogens is 4. The Labute approximate surface area is 195 Å². The second-order valence-electron chi connectivity index (χ2n) is 7.15. The van der Waals surface area contributed by atoms with Gasteiger partial charge in [-0.05, 0) is 25.0 Å². The van der Waals surface area contributed by atoms with Crippen LogP contribution < -0.4 is 21.5 Å². The van der Waals surface area contributed by atoms with Crippen molar-refractivity contribution >= 4 is 34.8 Å². The maximum absolute atomic E-state index is 12.4. The fourth-order valence-corrected chi connectivity index (χ4v) is 4.34. The summed E-state index contributed by atoms with van der Waals surface area (Å²) in [4.78, 5) is 38.1. The minimum Gasteiger partial charge on any atom is -0.453 e. The molecule has 2 aromatic heterocycles. The van der Waals surface area contributed by atoms with E-state index >= 15 is 0 Å². The maximum atomic E-state index is 12.4. The molecule has 9 nitrogen and oxygen atoms in total. The van der Waals surface area contributed by atoms with Crippen molar-refractivity contribution < 1.29 is 4.74 Å². The van der Waals surface area contributed by atoms with Gasteiger partial charge < -0.3 is 9.30 Å². The van der Waals surface area contributed by atoms with Gasteiger partial charge in [-0.2, -0.15) is 9.94 Å². The van der Waals surface area contributed by atoms with Crippen LogP contribution in [0, 0.1) is 11.3 Å². The molecule has 164 valence electrons. The second kappa shape index (κ2) is 8.82. The van der Waals surface area contributed by atoms with E-state index in [9.17, 15) is 14.4 Å². The highest BCUT2D eigenvalue weighted by Gasteiger charge is 2.21. The predicted octanol–water partition coefficient (Wildman–Crippen LogP) is 3.82. The number of pyridine rings is 1. The lowest BCUT2D eigenvalue weighted by atomic mass is 10.2. The zero-order valence-corrected chi connectivity index (χ0v) is 18.5. The van der Waals surface area contributed by atoms with E-state index in [2.05, 4.69) is 5.10 Å². The van der Waals surface area contributed by atoms with E-state index in [-0.39, 0.29) is 43.9 Å². The Morgan fingerprint density at radius 2 is 1.72 bits per heavy atom. The number of nitrogens with zero attached hydrogens (tertiary/aromatic N) is 4. The number of halogens is 3. The van der Waals surface area contributed by atoms with Crippen molar-refractivity contribution in [3.63, 3.8) is 0 Å². The summed E-state index contributed by atoms with van der Waals surface area (Å²) in [5.41, 5.74) is -2.46. The highest BCUT2D eigenvalue weighted by atomic mass is 35.5. The maximum Gasteiger partial charge on any atom is 0.349 e. The average Bonchev–Trinajstić information content (AvgIpc) is 3.27. The largest absolute Gasteiger partial charge is 0.453 e. The predicted molar refractivity (Wildman–Crippen MR) is 118 cm³/mol. The van der Waals surface area contributed by atoms with Gasteiger partial charge in [0, 0.05) is 12.1 Å². The summed E-state index contributed by atoms with van der Waals surface area (Å²) in [5.74, 6) is 0.340. The zero-order chi connectivity index (χ0) is 23.0. The van der Waals surface area contributed by atoms with Crippen molar-refractivity contribution in [1.29, 1.82) is 5.26 Å². The third kappa shape index (κ3) is 4.17. The summed E-state index contributed by atoms with van der Waals surface area (Å²) in [6, 6.07) is 5.70. The Balaban J connectivity index is 1.73. The van der Waals surface area contributed by atoms with E-state index in [0.29, 0.717) is 0 Å². The number of aromatic amines is 1. The number of nitriles is 1. The third-order valence-corrected chi connectivity index (χ3v) is 5.91. The van der Waals surface area contributed by atoms with Crippen LogP contribution in [-0.2, 0) is 0 Å². The second-order valence-corrected chi connectivity index (χ2v) is 8.37. The molecule has 0 spiro atoms. The van der Waals surface area contributed by atoms with Gasteiger partial charge in [0.15, 0.2) is 5.75 Å². The standard InChI is InChI=1S/C20H14Cl3N5O4/c21-13-5-11(28-20(31)25-18(29)16(8-24)26-28)6-14(22)17(13)32-12-7-15(23)19(30)27(9-12)10-3-1-2-4-10/h5-7,9-10H,1-4H2,(H,25,29,31). The number of hydrogen-bond donors (Lipinski definition) is 1. The van der Waals surface area contributed by atoms with Crippen molar-refractivity contribution in [3.8, 4) is 23.3 Å². The lowest BCUT2D eigenvalue weighted by Gasteiger charge is -2.17. The summed E-state index contributed by atoms with van der Waals surface area (Å²) in [6.07, 6.45) is 5.39. The van der Waals surface area contributed by atoms with Gasteiger partial charge in [-0.3, -0.25) is 14.6 Å². The number of hydrogen-bond acceptors (Lipinski definition) is 6. The van der Waals surface area contributed by atoms with E-state index in [1.165, 1.54) is 18.2 Å². The molecule has 1 saturated carbocycles. The molecular formula is C20H14Cl3N5O4. The van der Waals surface area contributed by atoms with Gasteiger partial charge in [-0.25, -0.2) is 4.79 Å². The molecule has 4 rings (SSSR count). The molecule has 0 saturated heterocycles. The molecule has 2 heterocycles. The highest BCUT2D eigenvalue weighted by molar-refractivity contribution is 6.37. The van der Waals surface area contributed by atoms with Crippen LogP contribution in [0.3, 0.4) is 0 Å². The number of rotatable bonds is 4. The van der Waals surface area contributed by atoms with Gasteiger partial charge in [0.2, 0.25) is 5.69 Å². The molecule has 1 N–H and O–H groups in total. The molecular weight excluding hydrogens is 481 g/mol. The van der Waals surface area contributed by atoms with E-state index in [0.717, 1.165) is 30.4 Å². The molecule has 0 unspecified atom stereocenters. The van der Waals surface area contributed by atoms with Crippen LogP contribution in [0.1, 0.15) is 37.4 Å². The molecule has 0 atom stereocenters. The average molecular weight is 495 g/mol. The normalized spacial score (nSPS) is 13.8. The van der Waals surface area contributed by atoms with Crippen LogP contribution >= 0.6 is 34.8 Å². The van der Waals surface area contributed by atoms with Crippen molar-refractivity contribution in [3.05, 3.63) is 76.3 Å². The van der Waals surface area contributed by atoms with Crippen LogP contribution in [-0.4, -0.2) is 19.3 Å². The Morgan fingerprint density at radius 3 is 2.34 bits per heavy atom. The van der Waals surface area contributed by atoms with Crippen molar-refractivity contribution in [2.24, 2.45) is 0 Å². The molecule has 0 bridgehead atoms. The SMILES string of the molecule is N#Cc1nn(-c2cc(Cl)c(Oc3cc(Cl)c(=O)n(C4CCCC4)c3)c(Cl)c2)c(=O)[nH]c1=O. The van der Waals surface area contributed by atoms with Crippen LogP contribution in [0.25, 0.3) is 5.69 Å². The zero-order valence-electron chi connectivity index (χ0n) is 16.3. The minimum absolute atomic E-state index is 0.00582. The molecule has 0 amide bonds. The Kier molecular flexibility index (Phi) is 6.11. The van der Waals surface area contributed by atoms with Crippen LogP contribution in [0.5, 0.6) is 11.5 Å². The number of nitrogens with one attached hydrogen (secondary N) is 1. The van der Waals surface area contributed by atoms with Gasteiger partial charge in [0.1, 0.15) is 16.8 Å². The first-order valence-electron chi connectivity index (χ1n) is 9.51. The van der Waals surface area contributed by atoms with E-state index < -0.39 is 16.9 Å². The van der Waals surface area contributed by atoms with Gasteiger partial charge in [-0.1, -0.05) is 47.6 Å². The summed E-state index contributed by atoms with van der Waals surface area (Å²) in [5, 5.41) is 12.8. The molecule has 0 aliphatic heterocycles. The third-order valence-electron chi connectivity index (χ3n) is 5.07. The van der Waals surface area contributed by atoms with Gasteiger partial charge in [0.05, 0.1) is 21.9 Å². The molecule has 1 aromatic carbocycles. The van der Waals surface area contributed by atoms with Crippen molar-refractivity contribution in [2.45, 2.75) is 31.7 Å². The smallest absolute Gasteiger partial charge is 0.349 e.